The minimum absolute atomic E-state index is 0.133. The van der Waals surface area contributed by atoms with Crippen LogP contribution in [0.2, 0.25) is 10.0 Å². The van der Waals surface area contributed by atoms with Gasteiger partial charge in [0.15, 0.2) is 11.5 Å². The number of methoxy groups -OCH3 is 1. The number of carbonyl (C=O) groups excluding carboxylic acids is 1. The highest BCUT2D eigenvalue weighted by Crippen LogP contribution is 2.34. The molecule has 2 aromatic rings. The number of hydrogen-bond donors (Lipinski definition) is 3. The summed E-state index contributed by atoms with van der Waals surface area (Å²) in [5, 5.41) is 17.6. The van der Waals surface area contributed by atoms with Crippen LogP contribution in [0.5, 0.6) is 11.5 Å². The molecule has 0 aliphatic carbocycles. The summed E-state index contributed by atoms with van der Waals surface area (Å²) in [6, 6.07) is 8.04. The summed E-state index contributed by atoms with van der Waals surface area (Å²) in [7, 11) is 1.42. The van der Waals surface area contributed by atoms with Crippen molar-refractivity contribution in [1.29, 1.82) is 0 Å². The number of halogens is 2. The van der Waals surface area contributed by atoms with Crippen LogP contribution in [-0.4, -0.2) is 30.4 Å². The van der Waals surface area contributed by atoms with Crippen molar-refractivity contribution in [3.8, 4) is 11.5 Å². The van der Waals surface area contributed by atoms with Crippen LogP contribution in [0.15, 0.2) is 35.4 Å². The van der Waals surface area contributed by atoms with Crippen molar-refractivity contribution < 1.29 is 14.6 Å². The molecule has 144 valence electrons. The number of nitrogens with one attached hydrogen (secondary N) is 2. The summed E-state index contributed by atoms with van der Waals surface area (Å²) >= 11 is 11.9. The van der Waals surface area contributed by atoms with E-state index in [1.807, 2.05) is 26.0 Å². The van der Waals surface area contributed by atoms with Gasteiger partial charge in [-0.05, 0) is 54.8 Å². The lowest BCUT2D eigenvalue weighted by Gasteiger charge is -2.18. The molecule has 27 heavy (non-hydrogen) atoms. The number of hydrazone groups is 1. The Balaban J connectivity index is 2.04. The standard InChI is InChI=1S/C19H21Cl2N3O3/c1-4-15(23-16-6-5-13(20)7-11(16)2)19(26)24-22-10-12-8-14(21)18(25)17(9-12)27-3/h5-10,15,23,25H,4H2,1-3H3,(H,24,26)/b22-10-/t15-/m0/s1. The Kier molecular flexibility index (Phi) is 7.33. The quantitative estimate of drug-likeness (QED) is 0.468. The van der Waals surface area contributed by atoms with Crippen LogP contribution in [0.25, 0.3) is 0 Å². The maximum absolute atomic E-state index is 12.4. The fourth-order valence-electron chi connectivity index (χ4n) is 2.40. The van der Waals surface area contributed by atoms with E-state index in [1.54, 1.807) is 12.1 Å². The molecule has 6 nitrogen and oxygen atoms in total. The normalized spacial score (nSPS) is 12.0. The Morgan fingerprint density at radius 2 is 2.07 bits per heavy atom. The molecule has 2 rings (SSSR count). The summed E-state index contributed by atoms with van der Waals surface area (Å²) in [5.41, 5.74) is 4.86. The molecule has 0 saturated heterocycles. The molecule has 2 aromatic carbocycles. The Bertz CT molecular complexity index is 856. The molecule has 0 bridgehead atoms. The number of phenolic OH excluding ortho intramolecular Hbond substituents is 1. The maximum Gasteiger partial charge on any atom is 0.262 e. The first-order valence-electron chi connectivity index (χ1n) is 8.27. The van der Waals surface area contributed by atoms with E-state index in [-0.39, 0.29) is 22.4 Å². The average Bonchev–Trinajstić information content (AvgIpc) is 2.63. The highest BCUT2D eigenvalue weighted by atomic mass is 35.5. The Hall–Kier alpha value is -2.44. The van der Waals surface area contributed by atoms with Crippen LogP contribution in [0.3, 0.4) is 0 Å². The number of aryl methyl sites for hydroxylation is 1. The lowest BCUT2D eigenvalue weighted by molar-refractivity contribution is -0.121. The third-order valence-electron chi connectivity index (χ3n) is 3.90. The number of anilines is 1. The molecule has 0 saturated carbocycles. The molecular formula is C19H21Cl2N3O3. The summed E-state index contributed by atoms with van der Waals surface area (Å²) in [5.74, 6) is -0.199. The number of nitrogens with zero attached hydrogens (tertiary/aromatic N) is 1. The lowest BCUT2D eigenvalue weighted by atomic mass is 10.1. The Morgan fingerprint density at radius 1 is 1.33 bits per heavy atom. The van der Waals surface area contributed by atoms with Crippen LogP contribution in [-0.2, 0) is 4.79 Å². The summed E-state index contributed by atoms with van der Waals surface area (Å²) < 4.78 is 5.03. The minimum Gasteiger partial charge on any atom is -0.503 e. The molecular weight excluding hydrogens is 389 g/mol. The SMILES string of the molecule is CC[C@H](Nc1ccc(Cl)cc1C)C(=O)N/N=C\c1cc(Cl)c(O)c(OC)c1. The van der Waals surface area contributed by atoms with E-state index in [4.69, 9.17) is 27.9 Å². The van der Waals surface area contributed by atoms with Crippen molar-refractivity contribution >= 4 is 41.0 Å². The zero-order valence-electron chi connectivity index (χ0n) is 15.2. The van der Waals surface area contributed by atoms with E-state index in [0.29, 0.717) is 17.0 Å². The number of carbonyl (C=O) groups is 1. The van der Waals surface area contributed by atoms with Gasteiger partial charge < -0.3 is 15.2 Å². The fourth-order valence-corrected chi connectivity index (χ4v) is 2.85. The smallest absolute Gasteiger partial charge is 0.262 e. The van der Waals surface area contributed by atoms with Gasteiger partial charge in [0, 0.05) is 10.7 Å². The van der Waals surface area contributed by atoms with Gasteiger partial charge >= 0.3 is 0 Å². The third kappa shape index (κ3) is 5.52. The first kappa shape index (κ1) is 20.9. The molecule has 8 heteroatoms. The van der Waals surface area contributed by atoms with Gasteiger partial charge in [-0.1, -0.05) is 30.1 Å². The second-order valence-corrected chi connectivity index (χ2v) is 6.70. The van der Waals surface area contributed by atoms with Crippen LogP contribution in [0, 0.1) is 6.92 Å². The molecule has 3 N–H and O–H groups in total. The largest absolute Gasteiger partial charge is 0.503 e. The lowest BCUT2D eigenvalue weighted by Crippen LogP contribution is -2.37. The van der Waals surface area contributed by atoms with Crippen LogP contribution < -0.4 is 15.5 Å². The number of hydrogen-bond acceptors (Lipinski definition) is 5. The molecule has 0 fully saturated rings. The van der Waals surface area contributed by atoms with Crippen molar-refractivity contribution in [2.24, 2.45) is 5.10 Å². The van der Waals surface area contributed by atoms with Crippen molar-refractivity contribution in [2.45, 2.75) is 26.3 Å². The van der Waals surface area contributed by atoms with Crippen molar-refractivity contribution in [2.75, 3.05) is 12.4 Å². The fraction of sp³-hybridized carbons (Fsp3) is 0.263. The van der Waals surface area contributed by atoms with E-state index in [2.05, 4.69) is 15.8 Å². The highest BCUT2D eigenvalue weighted by Gasteiger charge is 2.16. The van der Waals surface area contributed by atoms with Crippen molar-refractivity contribution in [3.05, 3.63) is 51.5 Å². The molecule has 0 aromatic heterocycles. The van der Waals surface area contributed by atoms with Gasteiger partial charge in [0.05, 0.1) is 18.3 Å². The summed E-state index contributed by atoms with van der Waals surface area (Å²) in [6.07, 6.45) is 1.99. The predicted octanol–water partition coefficient (Wildman–Crippen LogP) is 4.36. The summed E-state index contributed by atoms with van der Waals surface area (Å²) in [6.45, 7) is 3.82. The molecule has 0 aliphatic rings. The van der Waals surface area contributed by atoms with Crippen LogP contribution >= 0.6 is 23.2 Å². The van der Waals surface area contributed by atoms with Crippen molar-refractivity contribution in [3.63, 3.8) is 0 Å². The number of aromatic hydroxyl groups is 1. The zero-order chi connectivity index (χ0) is 20.0. The second kappa shape index (κ2) is 9.48. The van der Waals surface area contributed by atoms with E-state index in [9.17, 15) is 9.90 Å². The van der Waals surface area contributed by atoms with Gasteiger partial charge in [-0.2, -0.15) is 5.10 Å². The van der Waals surface area contributed by atoms with Gasteiger partial charge in [-0.25, -0.2) is 5.43 Å². The van der Waals surface area contributed by atoms with Gasteiger partial charge in [0.1, 0.15) is 6.04 Å². The number of ether oxygens (including phenoxy) is 1. The molecule has 0 spiro atoms. The highest BCUT2D eigenvalue weighted by molar-refractivity contribution is 6.32. The van der Waals surface area contributed by atoms with E-state index in [0.717, 1.165) is 11.3 Å². The number of phenols is 1. The average molecular weight is 410 g/mol. The topological polar surface area (TPSA) is 83.0 Å². The minimum atomic E-state index is -0.458. The second-order valence-electron chi connectivity index (χ2n) is 5.85. The first-order chi connectivity index (χ1) is 12.8. The van der Waals surface area contributed by atoms with Gasteiger partial charge in [-0.15, -0.1) is 0 Å². The van der Waals surface area contributed by atoms with Gasteiger partial charge in [-0.3, -0.25) is 4.79 Å². The molecule has 0 aliphatic heterocycles. The first-order valence-corrected chi connectivity index (χ1v) is 9.03. The number of rotatable bonds is 7. The summed E-state index contributed by atoms with van der Waals surface area (Å²) in [4.78, 5) is 12.4. The molecule has 1 amide bonds. The Labute approximate surface area is 168 Å². The predicted molar refractivity (Wildman–Crippen MR) is 109 cm³/mol. The third-order valence-corrected chi connectivity index (χ3v) is 4.43. The number of benzene rings is 2. The zero-order valence-corrected chi connectivity index (χ0v) is 16.7. The van der Waals surface area contributed by atoms with E-state index < -0.39 is 6.04 Å². The molecule has 0 heterocycles. The molecule has 1 atom stereocenters. The van der Waals surface area contributed by atoms with E-state index >= 15 is 0 Å². The van der Waals surface area contributed by atoms with Crippen LogP contribution in [0.4, 0.5) is 5.69 Å². The molecule has 0 unspecified atom stereocenters. The number of amides is 1. The van der Waals surface area contributed by atoms with Gasteiger partial charge in [0.2, 0.25) is 0 Å². The monoisotopic (exact) mass is 409 g/mol. The van der Waals surface area contributed by atoms with Gasteiger partial charge in [0.25, 0.3) is 5.91 Å². The Morgan fingerprint density at radius 3 is 2.70 bits per heavy atom. The van der Waals surface area contributed by atoms with E-state index in [1.165, 1.54) is 19.4 Å². The van der Waals surface area contributed by atoms with Crippen molar-refractivity contribution in [1.82, 2.24) is 5.43 Å². The maximum atomic E-state index is 12.4. The van der Waals surface area contributed by atoms with Crippen LogP contribution in [0.1, 0.15) is 24.5 Å². The molecule has 0 radical (unpaired) electrons.